The third kappa shape index (κ3) is 3.95. The lowest BCUT2D eigenvalue weighted by molar-refractivity contribution is 0.568. The first-order chi connectivity index (χ1) is 15.3. The van der Waals surface area contributed by atoms with Gasteiger partial charge in [0, 0.05) is 42.8 Å². The fourth-order valence-electron chi connectivity index (χ4n) is 3.58. The Morgan fingerprint density at radius 3 is 2.71 bits per heavy atom. The summed E-state index contributed by atoms with van der Waals surface area (Å²) in [4.78, 5) is 8.71. The number of nitrogens with two attached hydrogens (primary N) is 1. The molecular weight excluding hydrogens is 390 g/mol. The lowest BCUT2D eigenvalue weighted by atomic mass is 10.0. The molecule has 0 bridgehead atoms. The minimum Gasteiger partial charge on any atom is -0.423 e. The van der Waals surface area contributed by atoms with Crippen molar-refractivity contribution in [3.8, 4) is 22.6 Å². The van der Waals surface area contributed by atoms with Crippen LogP contribution in [0, 0.1) is 0 Å². The third-order valence-corrected chi connectivity index (χ3v) is 5.16. The quantitative estimate of drug-likeness (QED) is 0.305. The van der Waals surface area contributed by atoms with Crippen LogP contribution in [0.2, 0.25) is 0 Å². The van der Waals surface area contributed by atoms with Crippen molar-refractivity contribution < 1.29 is 4.42 Å². The summed E-state index contributed by atoms with van der Waals surface area (Å²) in [6.45, 7) is 1.65. The summed E-state index contributed by atoms with van der Waals surface area (Å²) in [5.41, 5.74) is 11.4. The minimum atomic E-state index is 0.435. The average molecular weight is 411 g/mol. The van der Waals surface area contributed by atoms with E-state index in [1.165, 1.54) is 6.39 Å². The maximum absolute atomic E-state index is 5.85. The van der Waals surface area contributed by atoms with Crippen molar-refractivity contribution in [2.45, 2.75) is 13.0 Å². The van der Waals surface area contributed by atoms with Crippen LogP contribution < -0.4 is 11.1 Å². The van der Waals surface area contributed by atoms with Gasteiger partial charge >= 0.3 is 0 Å². The maximum Gasteiger partial charge on any atom is 0.251 e. The Morgan fingerprint density at radius 2 is 1.94 bits per heavy atom. The number of hydrogen-bond donors (Lipinski definition) is 2. The molecule has 3 N–H and O–H groups in total. The maximum atomic E-state index is 5.85. The molecule has 154 valence electrons. The molecule has 3 aromatic heterocycles. The molecule has 2 aromatic carbocycles. The predicted molar refractivity (Wildman–Crippen MR) is 120 cm³/mol. The Hall–Kier alpha value is -4.20. The van der Waals surface area contributed by atoms with Crippen LogP contribution in [0.15, 0.2) is 78.2 Å². The van der Waals surface area contributed by atoms with Crippen LogP contribution in [0.3, 0.4) is 0 Å². The molecule has 0 aliphatic heterocycles. The molecule has 0 saturated heterocycles. The SMILES string of the molecule is Nc1ccc(-c2ccc3ncc(-c4nnco4)c(NCCCn4ccnc4)c3c2)cc1. The minimum absolute atomic E-state index is 0.435. The third-order valence-electron chi connectivity index (χ3n) is 5.16. The number of imidazole rings is 1. The monoisotopic (exact) mass is 411 g/mol. The standard InChI is InChI=1S/C23H21N7O/c24-18-5-2-16(3-6-18)17-4-7-21-19(12-17)22(20(13-27-21)23-29-28-15-31-23)26-8-1-10-30-11-9-25-14-30/h2-7,9,11-15H,1,8,10,24H2,(H,26,27). The van der Waals surface area contributed by atoms with Crippen molar-refractivity contribution in [2.75, 3.05) is 17.6 Å². The molecule has 0 fully saturated rings. The molecule has 0 unspecified atom stereocenters. The summed E-state index contributed by atoms with van der Waals surface area (Å²) in [6, 6.07) is 14.1. The Bertz CT molecular complexity index is 1280. The first-order valence-electron chi connectivity index (χ1n) is 10.0. The fraction of sp³-hybridized carbons (Fsp3) is 0.130. The summed E-state index contributed by atoms with van der Waals surface area (Å²) < 4.78 is 7.53. The second-order valence-electron chi connectivity index (χ2n) is 7.23. The van der Waals surface area contributed by atoms with Gasteiger partial charge in [-0.1, -0.05) is 18.2 Å². The number of nitrogens with zero attached hydrogens (tertiary/aromatic N) is 5. The van der Waals surface area contributed by atoms with E-state index >= 15 is 0 Å². The summed E-state index contributed by atoms with van der Waals surface area (Å²) in [5, 5.41) is 12.5. The van der Waals surface area contributed by atoms with Crippen LogP contribution in [0.5, 0.6) is 0 Å². The van der Waals surface area contributed by atoms with E-state index in [4.69, 9.17) is 10.2 Å². The summed E-state index contributed by atoms with van der Waals surface area (Å²) in [7, 11) is 0. The molecule has 0 amide bonds. The van der Waals surface area contributed by atoms with E-state index < -0.39 is 0 Å². The molecule has 0 radical (unpaired) electrons. The first kappa shape index (κ1) is 18.8. The number of pyridine rings is 1. The molecule has 3 heterocycles. The highest BCUT2D eigenvalue weighted by Gasteiger charge is 2.15. The number of rotatable bonds is 7. The smallest absolute Gasteiger partial charge is 0.251 e. The summed E-state index contributed by atoms with van der Waals surface area (Å²) in [6.07, 6.45) is 9.61. The molecule has 8 nitrogen and oxygen atoms in total. The van der Waals surface area contributed by atoms with Crippen LogP contribution in [0.25, 0.3) is 33.5 Å². The zero-order chi connectivity index (χ0) is 21.0. The van der Waals surface area contributed by atoms with Crippen molar-refractivity contribution in [3.05, 3.63) is 73.8 Å². The second kappa shape index (κ2) is 8.27. The van der Waals surface area contributed by atoms with Crippen molar-refractivity contribution >= 4 is 22.3 Å². The molecule has 31 heavy (non-hydrogen) atoms. The number of benzene rings is 2. The molecule has 0 aliphatic carbocycles. The second-order valence-corrected chi connectivity index (χ2v) is 7.23. The highest BCUT2D eigenvalue weighted by molar-refractivity contribution is 6.00. The van der Waals surface area contributed by atoms with Gasteiger partial charge in [0.1, 0.15) is 0 Å². The Balaban J connectivity index is 1.52. The highest BCUT2D eigenvalue weighted by Crippen LogP contribution is 2.35. The largest absolute Gasteiger partial charge is 0.423 e. The molecule has 0 saturated carbocycles. The van der Waals surface area contributed by atoms with Crippen molar-refractivity contribution in [3.63, 3.8) is 0 Å². The zero-order valence-electron chi connectivity index (χ0n) is 16.8. The molecular formula is C23H21N7O. The fourth-order valence-corrected chi connectivity index (χ4v) is 3.58. The Morgan fingerprint density at radius 1 is 1.06 bits per heavy atom. The van der Waals surface area contributed by atoms with Crippen LogP contribution in [-0.2, 0) is 6.54 Å². The van der Waals surface area contributed by atoms with Gasteiger partial charge in [-0.25, -0.2) is 4.98 Å². The molecule has 0 atom stereocenters. The normalized spacial score (nSPS) is 11.1. The van der Waals surface area contributed by atoms with E-state index in [0.29, 0.717) is 5.89 Å². The number of nitrogens with one attached hydrogen (secondary N) is 1. The van der Waals surface area contributed by atoms with Crippen LogP contribution in [0.1, 0.15) is 6.42 Å². The van der Waals surface area contributed by atoms with Crippen molar-refractivity contribution in [1.82, 2.24) is 24.7 Å². The number of nitrogen functional groups attached to an aromatic ring is 1. The highest BCUT2D eigenvalue weighted by atomic mass is 16.4. The van der Waals surface area contributed by atoms with Crippen LogP contribution >= 0.6 is 0 Å². The van der Waals surface area contributed by atoms with Gasteiger partial charge in [0.15, 0.2) is 0 Å². The molecule has 0 spiro atoms. The predicted octanol–water partition coefficient (Wildman–Crippen LogP) is 4.23. The topological polar surface area (TPSA) is 108 Å². The van der Waals surface area contributed by atoms with Gasteiger partial charge in [-0.15, -0.1) is 10.2 Å². The summed E-state index contributed by atoms with van der Waals surface area (Å²) in [5.74, 6) is 0.435. The van der Waals surface area contributed by atoms with E-state index in [-0.39, 0.29) is 0 Å². The van der Waals surface area contributed by atoms with E-state index in [1.807, 2.05) is 42.9 Å². The number of aromatic nitrogens is 5. The Kier molecular flexibility index (Phi) is 5.02. The number of fused-ring (bicyclic) bond motifs is 1. The lowest BCUT2D eigenvalue weighted by Gasteiger charge is -2.14. The van der Waals surface area contributed by atoms with Crippen LogP contribution in [-0.4, -0.2) is 31.3 Å². The molecule has 5 aromatic rings. The van der Waals surface area contributed by atoms with Gasteiger partial charge in [0.25, 0.3) is 5.89 Å². The van der Waals surface area contributed by atoms with E-state index in [2.05, 4.69) is 42.2 Å². The van der Waals surface area contributed by atoms with Gasteiger partial charge in [-0.3, -0.25) is 4.98 Å². The van der Waals surface area contributed by atoms with E-state index in [1.54, 1.807) is 12.4 Å². The van der Waals surface area contributed by atoms with Gasteiger partial charge in [0.2, 0.25) is 6.39 Å². The molecule has 8 heteroatoms. The van der Waals surface area contributed by atoms with Gasteiger partial charge in [0.05, 0.1) is 23.1 Å². The van der Waals surface area contributed by atoms with E-state index in [9.17, 15) is 0 Å². The summed E-state index contributed by atoms with van der Waals surface area (Å²) >= 11 is 0. The lowest BCUT2D eigenvalue weighted by Crippen LogP contribution is -2.07. The van der Waals surface area contributed by atoms with Gasteiger partial charge < -0.3 is 20.0 Å². The van der Waals surface area contributed by atoms with E-state index in [0.717, 1.165) is 58.5 Å². The molecule has 0 aliphatic rings. The number of aryl methyl sites for hydroxylation is 1. The number of anilines is 2. The van der Waals surface area contributed by atoms with Crippen molar-refractivity contribution in [1.29, 1.82) is 0 Å². The van der Waals surface area contributed by atoms with Gasteiger partial charge in [-0.05, 0) is 41.8 Å². The van der Waals surface area contributed by atoms with Crippen molar-refractivity contribution in [2.24, 2.45) is 0 Å². The molecule has 5 rings (SSSR count). The van der Waals surface area contributed by atoms with Gasteiger partial charge in [-0.2, -0.15) is 0 Å². The van der Waals surface area contributed by atoms with Crippen LogP contribution in [0.4, 0.5) is 11.4 Å². The Labute approximate surface area is 178 Å². The zero-order valence-corrected chi connectivity index (χ0v) is 16.8. The number of hydrogen-bond acceptors (Lipinski definition) is 7. The first-order valence-corrected chi connectivity index (χ1v) is 10.0. The average Bonchev–Trinajstić information content (AvgIpc) is 3.51.